The molecule has 2 heterocycles. The third kappa shape index (κ3) is 3.81. The summed E-state index contributed by atoms with van der Waals surface area (Å²) in [4.78, 5) is 12.6. The number of hydrogen-bond acceptors (Lipinski definition) is 4. The molecule has 0 bridgehead atoms. The Balaban J connectivity index is 1.60. The molecule has 2 aromatic heterocycles. The summed E-state index contributed by atoms with van der Waals surface area (Å²) >= 11 is 0. The van der Waals surface area contributed by atoms with E-state index in [1.165, 1.54) is 0 Å². The monoisotopic (exact) mass is 374 g/mol. The Bertz CT molecular complexity index is 1080. The van der Waals surface area contributed by atoms with Gasteiger partial charge in [0.05, 0.1) is 0 Å². The molecule has 0 saturated heterocycles. The third-order valence-corrected chi connectivity index (χ3v) is 4.59. The molecule has 0 radical (unpaired) electrons. The van der Waals surface area contributed by atoms with E-state index in [-0.39, 0.29) is 12.5 Å². The molecule has 0 fully saturated rings. The Kier molecular flexibility index (Phi) is 5.19. The number of hydrogen-bond donors (Lipinski definition) is 1. The van der Waals surface area contributed by atoms with Crippen molar-refractivity contribution in [1.29, 1.82) is 0 Å². The Hall–Kier alpha value is -3.41. The lowest BCUT2D eigenvalue weighted by Gasteiger charge is -2.10. The Morgan fingerprint density at radius 3 is 2.68 bits per heavy atom. The van der Waals surface area contributed by atoms with Gasteiger partial charge in [-0.15, -0.1) is 10.2 Å². The van der Waals surface area contributed by atoms with Gasteiger partial charge >= 0.3 is 0 Å². The first kappa shape index (κ1) is 18.0. The highest BCUT2D eigenvalue weighted by atomic mass is 16.4. The van der Waals surface area contributed by atoms with Crippen molar-refractivity contribution in [1.82, 2.24) is 20.1 Å². The normalized spacial score (nSPS) is 11.0. The predicted octanol–water partition coefficient (Wildman–Crippen LogP) is 3.96. The summed E-state index contributed by atoms with van der Waals surface area (Å²) in [5.41, 5.74) is 2.78. The van der Waals surface area contributed by atoms with Gasteiger partial charge in [-0.2, -0.15) is 0 Å². The van der Waals surface area contributed by atoms with E-state index in [0.29, 0.717) is 18.3 Å². The number of fused-ring (bicyclic) bond motifs is 1. The van der Waals surface area contributed by atoms with Gasteiger partial charge in [0.1, 0.15) is 12.2 Å². The van der Waals surface area contributed by atoms with Gasteiger partial charge in [0, 0.05) is 23.9 Å². The van der Waals surface area contributed by atoms with Crippen molar-refractivity contribution in [2.75, 3.05) is 0 Å². The molecule has 0 atom stereocenters. The second-order valence-electron chi connectivity index (χ2n) is 6.69. The smallest absolute Gasteiger partial charge is 0.264 e. The third-order valence-electron chi connectivity index (χ3n) is 4.59. The number of para-hydroxylation sites is 1. The number of aromatic nitrogens is 3. The van der Waals surface area contributed by atoms with Crippen molar-refractivity contribution < 1.29 is 9.21 Å². The molecular weight excluding hydrogens is 352 g/mol. The van der Waals surface area contributed by atoms with Crippen LogP contribution in [0, 0.1) is 0 Å². The second kappa shape index (κ2) is 8.08. The number of benzene rings is 2. The Morgan fingerprint density at radius 2 is 1.86 bits per heavy atom. The maximum atomic E-state index is 12.6. The maximum absolute atomic E-state index is 12.6. The van der Waals surface area contributed by atoms with Gasteiger partial charge in [-0.3, -0.25) is 4.79 Å². The second-order valence-corrected chi connectivity index (χ2v) is 6.69. The molecule has 0 aliphatic heterocycles. The number of aryl methyl sites for hydroxylation is 1. The lowest BCUT2D eigenvalue weighted by atomic mass is 10.2. The van der Waals surface area contributed by atoms with Crippen molar-refractivity contribution in [3.63, 3.8) is 0 Å². The summed E-state index contributed by atoms with van der Waals surface area (Å²) in [6.07, 6.45) is 1.68. The van der Waals surface area contributed by atoms with E-state index in [4.69, 9.17) is 4.42 Å². The van der Waals surface area contributed by atoms with Crippen LogP contribution in [0.25, 0.3) is 22.5 Å². The molecule has 0 unspecified atom stereocenters. The fraction of sp³-hybridized carbons (Fsp3) is 0.227. The highest BCUT2D eigenvalue weighted by Crippen LogP contribution is 2.27. The average Bonchev–Trinajstić information content (AvgIpc) is 3.32. The van der Waals surface area contributed by atoms with Crippen molar-refractivity contribution >= 4 is 16.8 Å². The van der Waals surface area contributed by atoms with Crippen molar-refractivity contribution in [2.24, 2.45) is 0 Å². The van der Waals surface area contributed by atoms with Gasteiger partial charge in [-0.1, -0.05) is 55.5 Å². The first-order valence-electron chi connectivity index (χ1n) is 9.46. The fourth-order valence-electron chi connectivity index (χ4n) is 3.23. The van der Waals surface area contributed by atoms with Crippen LogP contribution in [0.3, 0.4) is 0 Å². The zero-order chi connectivity index (χ0) is 19.3. The summed E-state index contributed by atoms with van der Waals surface area (Å²) in [5, 5.41) is 12.3. The fourth-order valence-corrected chi connectivity index (χ4v) is 3.23. The molecule has 142 valence electrons. The molecule has 28 heavy (non-hydrogen) atoms. The largest absolute Gasteiger partial charge is 0.419 e. The minimum Gasteiger partial charge on any atom is -0.419 e. The molecule has 6 nitrogen and oxygen atoms in total. The van der Waals surface area contributed by atoms with Gasteiger partial charge in [0.25, 0.3) is 5.89 Å². The average molecular weight is 374 g/mol. The maximum Gasteiger partial charge on any atom is 0.264 e. The van der Waals surface area contributed by atoms with Gasteiger partial charge in [-0.25, -0.2) is 0 Å². The molecule has 4 aromatic rings. The quantitative estimate of drug-likeness (QED) is 0.531. The number of rotatable bonds is 7. The zero-order valence-corrected chi connectivity index (χ0v) is 15.8. The number of nitrogens with zero attached hydrogens (tertiary/aromatic N) is 3. The summed E-state index contributed by atoms with van der Waals surface area (Å²) in [7, 11) is 0. The molecule has 1 amide bonds. The Morgan fingerprint density at radius 1 is 1.07 bits per heavy atom. The number of amides is 1. The van der Waals surface area contributed by atoms with Crippen LogP contribution in [0.1, 0.15) is 24.8 Å². The van der Waals surface area contributed by atoms with Crippen LogP contribution < -0.4 is 5.32 Å². The molecule has 2 aromatic carbocycles. The Labute approximate surface area is 163 Å². The summed E-state index contributed by atoms with van der Waals surface area (Å²) < 4.78 is 7.75. The zero-order valence-electron chi connectivity index (χ0n) is 15.8. The van der Waals surface area contributed by atoms with E-state index >= 15 is 0 Å². The minimum atomic E-state index is -0.0697. The number of nitrogens with one attached hydrogen (secondary N) is 1. The number of carbonyl (C=O) groups is 1. The standard InChI is InChI=1S/C22H22N4O2/c1-2-8-21-24-25-22(28-21)19-13-17-11-6-7-12-18(17)26(19)15-20(27)23-14-16-9-4-3-5-10-16/h3-7,9-13H,2,8,14-15H2,1H3,(H,23,27). The molecule has 4 rings (SSSR count). The summed E-state index contributed by atoms with van der Waals surface area (Å²) in [6.45, 7) is 2.74. The van der Waals surface area contributed by atoms with E-state index in [1.807, 2.05) is 65.2 Å². The van der Waals surface area contributed by atoms with Gasteiger partial charge in [-0.05, 0) is 24.1 Å². The molecule has 0 aliphatic rings. The van der Waals surface area contributed by atoms with Crippen LogP contribution in [0.5, 0.6) is 0 Å². The highest BCUT2D eigenvalue weighted by Gasteiger charge is 2.18. The summed E-state index contributed by atoms with van der Waals surface area (Å²) in [5.74, 6) is 0.984. The van der Waals surface area contributed by atoms with Crippen molar-refractivity contribution in [2.45, 2.75) is 32.9 Å². The SMILES string of the molecule is CCCc1nnc(-c2cc3ccccc3n2CC(=O)NCc2ccccc2)o1. The summed E-state index contributed by atoms with van der Waals surface area (Å²) in [6, 6.07) is 19.8. The van der Waals surface area contributed by atoms with Gasteiger partial charge in [0.15, 0.2) is 0 Å². The van der Waals surface area contributed by atoms with Crippen LogP contribution in [0.4, 0.5) is 0 Å². The van der Waals surface area contributed by atoms with Crippen molar-refractivity contribution in [3.05, 3.63) is 72.1 Å². The topological polar surface area (TPSA) is 73.0 Å². The first-order valence-corrected chi connectivity index (χ1v) is 9.46. The first-order chi connectivity index (χ1) is 13.7. The van der Waals surface area contributed by atoms with Crippen molar-refractivity contribution in [3.8, 4) is 11.6 Å². The molecule has 0 aliphatic carbocycles. The van der Waals surface area contributed by atoms with Crippen LogP contribution >= 0.6 is 0 Å². The lowest BCUT2D eigenvalue weighted by molar-refractivity contribution is -0.121. The molecule has 0 spiro atoms. The molecule has 6 heteroatoms. The van der Waals surface area contributed by atoms with Crippen LogP contribution in [0.2, 0.25) is 0 Å². The minimum absolute atomic E-state index is 0.0697. The van der Waals surface area contributed by atoms with E-state index in [2.05, 4.69) is 22.4 Å². The highest BCUT2D eigenvalue weighted by molar-refractivity contribution is 5.88. The van der Waals surface area contributed by atoms with Crippen LogP contribution in [-0.4, -0.2) is 20.7 Å². The van der Waals surface area contributed by atoms with E-state index in [0.717, 1.165) is 35.0 Å². The van der Waals surface area contributed by atoms with E-state index < -0.39 is 0 Å². The predicted molar refractivity (Wildman–Crippen MR) is 108 cm³/mol. The van der Waals surface area contributed by atoms with E-state index in [9.17, 15) is 4.79 Å². The molecule has 1 N–H and O–H groups in total. The van der Waals surface area contributed by atoms with Gasteiger partial charge < -0.3 is 14.3 Å². The molecular formula is C22H22N4O2. The molecule has 0 saturated carbocycles. The van der Waals surface area contributed by atoms with Gasteiger partial charge in [0.2, 0.25) is 11.8 Å². The van der Waals surface area contributed by atoms with Crippen LogP contribution in [0.15, 0.2) is 65.1 Å². The van der Waals surface area contributed by atoms with Crippen LogP contribution in [-0.2, 0) is 24.3 Å². The lowest BCUT2D eigenvalue weighted by Crippen LogP contribution is -2.27. The number of carbonyl (C=O) groups excluding carboxylic acids is 1. The van der Waals surface area contributed by atoms with E-state index in [1.54, 1.807) is 0 Å².